The van der Waals surface area contributed by atoms with E-state index in [1.54, 1.807) is 6.07 Å². The van der Waals surface area contributed by atoms with E-state index in [4.69, 9.17) is 11.6 Å². The van der Waals surface area contributed by atoms with Gasteiger partial charge in [-0.2, -0.15) is 0 Å². The van der Waals surface area contributed by atoms with Crippen LogP contribution in [0.4, 0.5) is 5.69 Å². The minimum absolute atomic E-state index is 0.116. The lowest BCUT2D eigenvalue weighted by molar-refractivity contribution is -0.115. The van der Waals surface area contributed by atoms with Crippen molar-refractivity contribution >= 4 is 29.1 Å². The van der Waals surface area contributed by atoms with Gasteiger partial charge in [-0.15, -0.1) is 0 Å². The zero-order chi connectivity index (χ0) is 16.1. The van der Waals surface area contributed by atoms with Crippen LogP contribution in [0.15, 0.2) is 36.5 Å². The summed E-state index contributed by atoms with van der Waals surface area (Å²) < 4.78 is 0. The van der Waals surface area contributed by atoms with Crippen molar-refractivity contribution in [2.45, 2.75) is 13.8 Å². The third kappa shape index (κ3) is 4.05. The quantitative estimate of drug-likeness (QED) is 0.852. The van der Waals surface area contributed by atoms with Crippen molar-refractivity contribution in [1.82, 2.24) is 10.3 Å². The van der Waals surface area contributed by atoms with E-state index in [-0.39, 0.29) is 18.4 Å². The Morgan fingerprint density at radius 2 is 1.82 bits per heavy atom. The van der Waals surface area contributed by atoms with Crippen LogP contribution in [-0.4, -0.2) is 23.3 Å². The maximum atomic E-state index is 11.9. The molecule has 0 fully saturated rings. The third-order valence-electron chi connectivity index (χ3n) is 3.14. The molecule has 0 spiro atoms. The summed E-state index contributed by atoms with van der Waals surface area (Å²) in [5.41, 5.74) is 3.07. The molecule has 6 heteroatoms. The number of aryl methyl sites for hydroxylation is 2. The lowest BCUT2D eigenvalue weighted by Crippen LogP contribution is -2.33. The maximum Gasteiger partial charge on any atom is 0.253 e. The van der Waals surface area contributed by atoms with Crippen molar-refractivity contribution in [2.24, 2.45) is 0 Å². The highest BCUT2D eigenvalue weighted by atomic mass is 35.5. The molecular formula is C16H16ClN3O2. The molecule has 0 unspecified atom stereocenters. The van der Waals surface area contributed by atoms with Crippen molar-refractivity contribution in [1.29, 1.82) is 0 Å². The van der Waals surface area contributed by atoms with Gasteiger partial charge in [0.2, 0.25) is 5.91 Å². The zero-order valence-electron chi connectivity index (χ0n) is 12.3. The highest BCUT2D eigenvalue weighted by Crippen LogP contribution is 2.18. The van der Waals surface area contributed by atoms with E-state index in [2.05, 4.69) is 15.6 Å². The lowest BCUT2D eigenvalue weighted by Gasteiger charge is -2.11. The van der Waals surface area contributed by atoms with Gasteiger partial charge >= 0.3 is 0 Å². The number of carbonyl (C=O) groups is 2. The van der Waals surface area contributed by atoms with Gasteiger partial charge in [-0.3, -0.25) is 9.59 Å². The maximum absolute atomic E-state index is 11.9. The fourth-order valence-electron chi connectivity index (χ4n) is 1.97. The first-order valence-electron chi connectivity index (χ1n) is 6.73. The molecule has 0 saturated heterocycles. The summed E-state index contributed by atoms with van der Waals surface area (Å²) in [6.45, 7) is 3.72. The van der Waals surface area contributed by atoms with Gasteiger partial charge in [-0.05, 0) is 37.1 Å². The van der Waals surface area contributed by atoms with E-state index in [0.29, 0.717) is 10.7 Å². The van der Waals surface area contributed by atoms with Crippen LogP contribution in [0.1, 0.15) is 21.5 Å². The normalized spacial score (nSPS) is 10.1. The van der Waals surface area contributed by atoms with Crippen molar-refractivity contribution in [3.05, 3.63) is 58.4 Å². The molecule has 5 nitrogen and oxygen atoms in total. The van der Waals surface area contributed by atoms with Gasteiger partial charge in [0.15, 0.2) is 0 Å². The molecule has 22 heavy (non-hydrogen) atoms. The Morgan fingerprint density at radius 1 is 1.14 bits per heavy atom. The average Bonchev–Trinajstić information content (AvgIpc) is 2.49. The van der Waals surface area contributed by atoms with Gasteiger partial charge in [-0.25, -0.2) is 4.98 Å². The van der Waals surface area contributed by atoms with Crippen molar-refractivity contribution < 1.29 is 9.59 Å². The summed E-state index contributed by atoms with van der Waals surface area (Å²) in [5.74, 6) is -0.659. The minimum atomic E-state index is -0.374. The lowest BCUT2D eigenvalue weighted by atomic mass is 10.1. The SMILES string of the molecule is Cc1cccc(C)c1NC(=O)CNC(=O)c1ccc(Cl)nc1. The number of halogens is 1. The van der Waals surface area contributed by atoms with Gasteiger partial charge in [0, 0.05) is 11.9 Å². The molecule has 2 amide bonds. The Morgan fingerprint density at radius 3 is 2.41 bits per heavy atom. The Balaban J connectivity index is 1.93. The Labute approximate surface area is 133 Å². The van der Waals surface area contributed by atoms with E-state index < -0.39 is 0 Å². The smallest absolute Gasteiger partial charge is 0.253 e. The van der Waals surface area contributed by atoms with Gasteiger partial charge in [-0.1, -0.05) is 29.8 Å². The van der Waals surface area contributed by atoms with E-state index in [0.717, 1.165) is 16.8 Å². The second-order valence-corrected chi connectivity index (χ2v) is 5.25. The molecule has 0 atom stereocenters. The molecule has 0 aliphatic heterocycles. The number of carbonyl (C=O) groups excluding carboxylic acids is 2. The summed E-state index contributed by atoms with van der Waals surface area (Å²) in [6, 6.07) is 8.83. The summed E-state index contributed by atoms with van der Waals surface area (Å²) in [7, 11) is 0. The number of hydrogen-bond acceptors (Lipinski definition) is 3. The van der Waals surface area contributed by atoms with Gasteiger partial charge in [0.1, 0.15) is 5.15 Å². The van der Waals surface area contributed by atoms with Crippen LogP contribution >= 0.6 is 11.6 Å². The number of aromatic nitrogens is 1. The second kappa shape index (κ2) is 7.04. The van der Waals surface area contributed by atoms with Crippen molar-refractivity contribution in [3.63, 3.8) is 0 Å². The Kier molecular flexibility index (Phi) is 5.12. The Bertz CT molecular complexity index is 679. The molecule has 0 saturated carbocycles. The van der Waals surface area contributed by atoms with Crippen molar-refractivity contribution in [3.8, 4) is 0 Å². The number of nitrogens with zero attached hydrogens (tertiary/aromatic N) is 1. The number of amides is 2. The van der Waals surface area contributed by atoms with Crippen LogP contribution < -0.4 is 10.6 Å². The Hall–Kier alpha value is -2.40. The van der Waals surface area contributed by atoms with E-state index in [9.17, 15) is 9.59 Å². The van der Waals surface area contributed by atoms with Gasteiger partial charge in [0.05, 0.1) is 12.1 Å². The van der Waals surface area contributed by atoms with Crippen LogP contribution in [0.5, 0.6) is 0 Å². The van der Waals surface area contributed by atoms with Gasteiger partial charge in [0.25, 0.3) is 5.91 Å². The first-order chi connectivity index (χ1) is 10.5. The molecule has 1 aromatic heterocycles. The molecule has 0 radical (unpaired) electrons. The fourth-order valence-corrected chi connectivity index (χ4v) is 2.08. The average molecular weight is 318 g/mol. The topological polar surface area (TPSA) is 71.1 Å². The van der Waals surface area contributed by atoms with Crippen molar-refractivity contribution in [2.75, 3.05) is 11.9 Å². The predicted molar refractivity (Wildman–Crippen MR) is 86.1 cm³/mol. The third-order valence-corrected chi connectivity index (χ3v) is 3.37. The first-order valence-corrected chi connectivity index (χ1v) is 7.11. The molecule has 0 bridgehead atoms. The first kappa shape index (κ1) is 16.0. The van der Waals surface area contributed by atoms with Crippen LogP contribution in [-0.2, 0) is 4.79 Å². The number of nitrogens with one attached hydrogen (secondary N) is 2. The van der Waals surface area contributed by atoms with Gasteiger partial charge < -0.3 is 10.6 Å². The number of rotatable bonds is 4. The largest absolute Gasteiger partial charge is 0.343 e. The number of para-hydroxylation sites is 1. The summed E-state index contributed by atoms with van der Waals surface area (Å²) in [6.07, 6.45) is 1.36. The highest BCUT2D eigenvalue weighted by molar-refractivity contribution is 6.29. The highest BCUT2D eigenvalue weighted by Gasteiger charge is 2.10. The molecule has 2 aromatic rings. The van der Waals surface area contributed by atoms with E-state index in [1.807, 2.05) is 32.0 Å². The van der Waals surface area contributed by atoms with Crippen LogP contribution in [0, 0.1) is 13.8 Å². The predicted octanol–water partition coefficient (Wildman–Crippen LogP) is 2.72. The molecule has 2 N–H and O–H groups in total. The summed E-state index contributed by atoms with van der Waals surface area (Å²) in [5, 5.41) is 5.66. The molecule has 1 heterocycles. The zero-order valence-corrected chi connectivity index (χ0v) is 13.1. The summed E-state index contributed by atoms with van der Waals surface area (Å²) in [4.78, 5) is 27.6. The number of hydrogen-bond donors (Lipinski definition) is 2. The molecule has 0 aliphatic rings. The number of pyridine rings is 1. The van der Waals surface area contributed by atoms with Crippen LogP contribution in [0.25, 0.3) is 0 Å². The minimum Gasteiger partial charge on any atom is -0.343 e. The number of anilines is 1. The monoisotopic (exact) mass is 317 g/mol. The van der Waals surface area contributed by atoms with Crippen LogP contribution in [0.3, 0.4) is 0 Å². The van der Waals surface area contributed by atoms with Crippen LogP contribution in [0.2, 0.25) is 5.15 Å². The molecule has 2 rings (SSSR count). The van der Waals surface area contributed by atoms with E-state index >= 15 is 0 Å². The van der Waals surface area contributed by atoms with E-state index in [1.165, 1.54) is 12.3 Å². The molecule has 114 valence electrons. The summed E-state index contributed by atoms with van der Waals surface area (Å²) >= 11 is 5.66. The standard InChI is InChI=1S/C16H16ClN3O2/c1-10-4-3-5-11(2)15(10)20-14(21)9-19-16(22)12-6-7-13(17)18-8-12/h3-8H,9H2,1-2H3,(H,19,22)(H,20,21). The molecule has 1 aromatic carbocycles. The molecular weight excluding hydrogens is 302 g/mol. The number of benzene rings is 1. The molecule has 0 aliphatic carbocycles. The fraction of sp³-hybridized carbons (Fsp3) is 0.188. The second-order valence-electron chi connectivity index (χ2n) is 4.87.